The van der Waals surface area contributed by atoms with E-state index < -0.39 is 0 Å². The van der Waals surface area contributed by atoms with E-state index in [0.29, 0.717) is 18.5 Å². The summed E-state index contributed by atoms with van der Waals surface area (Å²) < 4.78 is 7.57. The van der Waals surface area contributed by atoms with E-state index >= 15 is 0 Å². The molecule has 6 nitrogen and oxygen atoms in total. The average Bonchev–Trinajstić information content (AvgIpc) is 3.22. The van der Waals surface area contributed by atoms with Gasteiger partial charge in [-0.1, -0.05) is 17.7 Å². The Morgan fingerprint density at radius 2 is 2.17 bits per heavy atom. The number of aryl methyl sites for hydroxylation is 2. The van der Waals surface area contributed by atoms with Crippen molar-refractivity contribution in [2.45, 2.75) is 38.9 Å². The van der Waals surface area contributed by atoms with Crippen LogP contribution in [0.3, 0.4) is 0 Å². The fraction of sp³-hybridized carbons (Fsp3) is 0.353. The maximum atomic E-state index is 5.60. The number of fused-ring (bicyclic) bond motifs is 1. The zero-order valence-corrected chi connectivity index (χ0v) is 13.1. The van der Waals surface area contributed by atoms with Crippen LogP contribution < -0.4 is 5.32 Å². The zero-order valence-electron chi connectivity index (χ0n) is 13.1. The second kappa shape index (κ2) is 5.96. The minimum Gasteiger partial charge on any atom is -0.444 e. The third-order valence-corrected chi connectivity index (χ3v) is 4.23. The molecule has 1 N–H and O–H groups in total. The second-order valence-electron chi connectivity index (χ2n) is 5.98. The van der Waals surface area contributed by atoms with Gasteiger partial charge in [0.15, 0.2) is 0 Å². The molecule has 1 atom stereocenters. The Morgan fingerprint density at radius 1 is 1.30 bits per heavy atom. The molecule has 0 bridgehead atoms. The molecular formula is C17H19N5O. The summed E-state index contributed by atoms with van der Waals surface area (Å²) in [7, 11) is 0. The minimum atomic E-state index is 0.392. The van der Waals surface area contributed by atoms with E-state index in [1.807, 2.05) is 16.8 Å². The maximum Gasteiger partial charge on any atom is 0.226 e. The summed E-state index contributed by atoms with van der Waals surface area (Å²) in [4.78, 5) is 8.81. The third-order valence-electron chi connectivity index (χ3n) is 4.23. The summed E-state index contributed by atoms with van der Waals surface area (Å²) in [6.45, 7) is 3.63. The van der Waals surface area contributed by atoms with Crippen LogP contribution in [-0.4, -0.2) is 25.8 Å². The number of nitrogens with one attached hydrogen (secondary N) is 1. The van der Waals surface area contributed by atoms with Crippen LogP contribution in [0.5, 0.6) is 0 Å². The number of nitrogens with zero attached hydrogens (tertiary/aromatic N) is 4. The summed E-state index contributed by atoms with van der Waals surface area (Å²) in [6.07, 6.45) is 5.39. The summed E-state index contributed by atoms with van der Waals surface area (Å²) in [6, 6.07) is 8.59. The predicted molar refractivity (Wildman–Crippen MR) is 85.6 cm³/mol. The Labute approximate surface area is 134 Å². The molecule has 23 heavy (non-hydrogen) atoms. The van der Waals surface area contributed by atoms with Crippen LogP contribution in [0.1, 0.15) is 23.5 Å². The molecule has 1 aromatic carbocycles. The van der Waals surface area contributed by atoms with Gasteiger partial charge in [-0.3, -0.25) is 0 Å². The van der Waals surface area contributed by atoms with Crippen LogP contribution in [0.2, 0.25) is 0 Å². The van der Waals surface area contributed by atoms with Crippen molar-refractivity contribution in [1.29, 1.82) is 0 Å². The predicted octanol–water partition coefficient (Wildman–Crippen LogP) is 2.35. The smallest absolute Gasteiger partial charge is 0.226 e. The Balaban J connectivity index is 1.38. The van der Waals surface area contributed by atoms with Gasteiger partial charge in [0, 0.05) is 24.6 Å². The van der Waals surface area contributed by atoms with E-state index in [1.54, 1.807) is 12.6 Å². The molecule has 0 fully saturated rings. The molecule has 0 saturated heterocycles. The summed E-state index contributed by atoms with van der Waals surface area (Å²) in [5.74, 6) is 1.75. The second-order valence-corrected chi connectivity index (χ2v) is 5.98. The van der Waals surface area contributed by atoms with Gasteiger partial charge in [0.25, 0.3) is 0 Å². The van der Waals surface area contributed by atoms with Gasteiger partial charge in [-0.05, 0) is 25.5 Å². The molecular weight excluding hydrogens is 290 g/mol. The van der Waals surface area contributed by atoms with Crippen LogP contribution in [0.15, 0.2) is 41.3 Å². The van der Waals surface area contributed by atoms with Crippen molar-refractivity contribution in [3.63, 3.8) is 0 Å². The number of aromatic nitrogens is 4. The van der Waals surface area contributed by atoms with Crippen LogP contribution in [0.25, 0.3) is 11.5 Å². The van der Waals surface area contributed by atoms with Crippen LogP contribution in [-0.2, 0) is 19.5 Å². The number of hydrogen-bond donors (Lipinski definition) is 1. The Hall–Kier alpha value is -2.47. The van der Waals surface area contributed by atoms with Gasteiger partial charge in [-0.2, -0.15) is 5.10 Å². The minimum absolute atomic E-state index is 0.392. The van der Waals surface area contributed by atoms with Gasteiger partial charge in [0.05, 0.1) is 12.2 Å². The number of benzene rings is 1. The molecule has 6 heteroatoms. The standard InChI is InChI=1S/C17H19N5O/c1-12-2-4-13(5-3-12)17-21-15(10-23-17)8-18-14-6-7-16-19-11-20-22(16)9-14/h2-5,10-11,14,18H,6-9H2,1H3/t14-/m0/s1. The van der Waals surface area contributed by atoms with Gasteiger partial charge in [0.2, 0.25) is 5.89 Å². The van der Waals surface area contributed by atoms with Crippen molar-refractivity contribution in [1.82, 2.24) is 25.1 Å². The van der Waals surface area contributed by atoms with Gasteiger partial charge in [-0.25, -0.2) is 14.6 Å². The molecule has 0 unspecified atom stereocenters. The van der Waals surface area contributed by atoms with E-state index in [-0.39, 0.29) is 0 Å². The van der Waals surface area contributed by atoms with Crippen molar-refractivity contribution >= 4 is 0 Å². The van der Waals surface area contributed by atoms with Crippen molar-refractivity contribution in [2.75, 3.05) is 0 Å². The van der Waals surface area contributed by atoms with Gasteiger partial charge >= 0.3 is 0 Å². The average molecular weight is 309 g/mol. The lowest BCUT2D eigenvalue weighted by molar-refractivity contribution is 0.356. The number of oxazole rings is 1. The molecule has 0 amide bonds. The van der Waals surface area contributed by atoms with Crippen molar-refractivity contribution < 1.29 is 4.42 Å². The summed E-state index contributed by atoms with van der Waals surface area (Å²) in [5.41, 5.74) is 3.16. The molecule has 1 aliphatic heterocycles. The van der Waals surface area contributed by atoms with Crippen LogP contribution in [0, 0.1) is 6.92 Å². The Kier molecular flexibility index (Phi) is 3.67. The fourth-order valence-corrected chi connectivity index (χ4v) is 2.87. The van der Waals surface area contributed by atoms with Gasteiger partial charge in [-0.15, -0.1) is 0 Å². The number of hydrogen-bond acceptors (Lipinski definition) is 5. The van der Waals surface area contributed by atoms with Crippen molar-refractivity contribution in [3.05, 3.63) is 53.9 Å². The molecule has 3 aromatic rings. The Morgan fingerprint density at radius 3 is 3.04 bits per heavy atom. The third kappa shape index (κ3) is 3.03. The van der Waals surface area contributed by atoms with Gasteiger partial charge in [0.1, 0.15) is 18.4 Å². The molecule has 0 saturated carbocycles. The quantitative estimate of drug-likeness (QED) is 0.801. The van der Waals surface area contributed by atoms with Crippen molar-refractivity contribution in [3.8, 4) is 11.5 Å². The molecule has 0 spiro atoms. The highest BCUT2D eigenvalue weighted by Crippen LogP contribution is 2.19. The van der Waals surface area contributed by atoms with E-state index in [2.05, 4.69) is 39.4 Å². The lowest BCUT2D eigenvalue weighted by Crippen LogP contribution is -2.37. The monoisotopic (exact) mass is 309 g/mol. The van der Waals surface area contributed by atoms with E-state index in [0.717, 1.165) is 36.5 Å². The maximum absolute atomic E-state index is 5.60. The van der Waals surface area contributed by atoms with E-state index in [9.17, 15) is 0 Å². The lowest BCUT2D eigenvalue weighted by atomic mass is 10.1. The van der Waals surface area contributed by atoms with E-state index in [4.69, 9.17) is 4.42 Å². The fourth-order valence-electron chi connectivity index (χ4n) is 2.87. The Bertz CT molecular complexity index is 789. The molecule has 1 aliphatic rings. The molecule has 0 radical (unpaired) electrons. The topological polar surface area (TPSA) is 68.8 Å². The normalized spacial score (nSPS) is 17.2. The lowest BCUT2D eigenvalue weighted by Gasteiger charge is -2.23. The highest BCUT2D eigenvalue weighted by atomic mass is 16.3. The first kappa shape index (κ1) is 14.1. The zero-order chi connectivity index (χ0) is 15.6. The molecule has 0 aliphatic carbocycles. The molecule has 118 valence electrons. The molecule has 3 heterocycles. The number of rotatable bonds is 4. The largest absolute Gasteiger partial charge is 0.444 e. The summed E-state index contributed by atoms with van der Waals surface area (Å²) >= 11 is 0. The van der Waals surface area contributed by atoms with Gasteiger partial charge < -0.3 is 9.73 Å². The molecule has 2 aromatic heterocycles. The van der Waals surface area contributed by atoms with Crippen LogP contribution in [0.4, 0.5) is 0 Å². The first-order chi connectivity index (χ1) is 11.3. The highest BCUT2D eigenvalue weighted by molar-refractivity contribution is 5.53. The van der Waals surface area contributed by atoms with E-state index in [1.165, 1.54) is 5.56 Å². The molecule has 4 rings (SSSR count). The van der Waals surface area contributed by atoms with Crippen molar-refractivity contribution in [2.24, 2.45) is 0 Å². The summed E-state index contributed by atoms with van der Waals surface area (Å²) in [5, 5.41) is 7.78. The first-order valence-corrected chi connectivity index (χ1v) is 7.89. The highest BCUT2D eigenvalue weighted by Gasteiger charge is 2.19. The van der Waals surface area contributed by atoms with Crippen LogP contribution >= 0.6 is 0 Å². The SMILES string of the molecule is Cc1ccc(-c2nc(CN[C@H]3CCc4ncnn4C3)co2)cc1. The first-order valence-electron chi connectivity index (χ1n) is 7.89.